The number of benzene rings is 2. The Morgan fingerprint density at radius 3 is 2.37 bits per heavy atom. The molecule has 4 rings (SSSR count). The molecule has 2 aromatic rings. The maximum absolute atomic E-state index is 14.5. The number of hydrogen-bond donors (Lipinski definition) is 2. The largest absolute Gasteiger partial charge is 0.457 e. The van der Waals surface area contributed by atoms with E-state index in [1.807, 2.05) is 24.3 Å². The third kappa shape index (κ3) is 4.35. The fourth-order valence-electron chi connectivity index (χ4n) is 4.98. The molecule has 2 aromatic carbocycles. The Morgan fingerprint density at radius 1 is 1.10 bits per heavy atom. The monoisotopic (exact) mass is 412 g/mol. The van der Waals surface area contributed by atoms with Crippen molar-refractivity contribution in [1.29, 1.82) is 0 Å². The molecule has 1 amide bonds. The van der Waals surface area contributed by atoms with Crippen LogP contribution in [0, 0.1) is 17.7 Å². The van der Waals surface area contributed by atoms with Crippen LogP contribution in [0.5, 0.6) is 11.5 Å². The number of ether oxygens (including phenoxy) is 1. The van der Waals surface area contributed by atoms with Crippen molar-refractivity contribution in [2.24, 2.45) is 17.6 Å². The summed E-state index contributed by atoms with van der Waals surface area (Å²) in [7, 11) is 1.74. The summed E-state index contributed by atoms with van der Waals surface area (Å²) >= 11 is 0. The van der Waals surface area contributed by atoms with Gasteiger partial charge in [0, 0.05) is 13.1 Å². The number of aliphatic hydroxyl groups excluding tert-OH is 1. The first-order chi connectivity index (χ1) is 14.4. The zero-order valence-electron chi connectivity index (χ0n) is 17.3. The van der Waals surface area contributed by atoms with Gasteiger partial charge in [-0.2, -0.15) is 0 Å². The van der Waals surface area contributed by atoms with Crippen LogP contribution in [0.4, 0.5) is 4.39 Å². The highest BCUT2D eigenvalue weighted by atomic mass is 19.1. The molecule has 2 fully saturated rings. The van der Waals surface area contributed by atoms with Crippen molar-refractivity contribution in [2.75, 3.05) is 13.6 Å². The van der Waals surface area contributed by atoms with E-state index < -0.39 is 5.82 Å². The van der Waals surface area contributed by atoms with E-state index in [0.717, 1.165) is 37.7 Å². The number of fused-ring (bicyclic) bond motifs is 1. The molecular formula is C24H29FN2O3. The van der Waals surface area contributed by atoms with Gasteiger partial charge in [0.15, 0.2) is 0 Å². The second-order valence-electron chi connectivity index (χ2n) is 8.61. The predicted molar refractivity (Wildman–Crippen MR) is 113 cm³/mol. The standard InChI is InChI=1S/C24H29FN2O3/c1-27(18-10-16-12-19(28)13-17(16)11-18)24(29)22-14-21(6-7-23(22)25)30-20-4-2-15(3-5-20)8-9-26/h2-7,14,16-19,28H,8-13,26H2,1H3/t16-,17+,18?,19?. The second kappa shape index (κ2) is 8.74. The summed E-state index contributed by atoms with van der Waals surface area (Å²) in [5.41, 5.74) is 6.71. The number of hydrogen-bond acceptors (Lipinski definition) is 4. The number of rotatable bonds is 6. The second-order valence-corrected chi connectivity index (χ2v) is 8.61. The molecule has 4 atom stereocenters. The van der Waals surface area contributed by atoms with Crippen molar-refractivity contribution in [1.82, 2.24) is 4.90 Å². The number of halogens is 1. The van der Waals surface area contributed by atoms with Crippen LogP contribution >= 0.6 is 0 Å². The first-order valence-electron chi connectivity index (χ1n) is 10.7. The van der Waals surface area contributed by atoms with Crippen LogP contribution in [0.1, 0.15) is 41.6 Å². The minimum absolute atomic E-state index is 0.0202. The van der Waals surface area contributed by atoms with Crippen LogP contribution in [0.2, 0.25) is 0 Å². The van der Waals surface area contributed by atoms with E-state index in [0.29, 0.717) is 29.9 Å². The van der Waals surface area contributed by atoms with Crippen LogP contribution in [0.15, 0.2) is 42.5 Å². The Bertz CT molecular complexity index is 888. The lowest BCUT2D eigenvalue weighted by Crippen LogP contribution is -2.36. The fourth-order valence-corrected chi connectivity index (χ4v) is 4.98. The smallest absolute Gasteiger partial charge is 0.256 e. The third-order valence-electron chi connectivity index (χ3n) is 6.59. The van der Waals surface area contributed by atoms with Gasteiger partial charge >= 0.3 is 0 Å². The quantitative estimate of drug-likeness (QED) is 0.758. The van der Waals surface area contributed by atoms with Gasteiger partial charge in [-0.15, -0.1) is 0 Å². The number of carbonyl (C=O) groups excluding carboxylic acids is 1. The Hall–Kier alpha value is -2.44. The van der Waals surface area contributed by atoms with Gasteiger partial charge in [0.25, 0.3) is 5.91 Å². The molecule has 0 aromatic heterocycles. The summed E-state index contributed by atoms with van der Waals surface area (Å²) in [4.78, 5) is 14.7. The number of aliphatic hydroxyl groups is 1. The average Bonchev–Trinajstić information content (AvgIpc) is 3.27. The molecule has 0 heterocycles. The van der Waals surface area contributed by atoms with Crippen LogP contribution in [0.25, 0.3) is 0 Å². The zero-order valence-corrected chi connectivity index (χ0v) is 17.3. The van der Waals surface area contributed by atoms with Gasteiger partial charge in [-0.3, -0.25) is 4.79 Å². The molecule has 0 bridgehead atoms. The molecule has 160 valence electrons. The Balaban J connectivity index is 1.45. The van der Waals surface area contributed by atoms with Crippen LogP contribution < -0.4 is 10.5 Å². The van der Waals surface area contributed by atoms with Gasteiger partial charge in [-0.25, -0.2) is 4.39 Å². The highest BCUT2D eigenvalue weighted by Gasteiger charge is 2.43. The van der Waals surface area contributed by atoms with E-state index in [4.69, 9.17) is 10.5 Å². The van der Waals surface area contributed by atoms with Crippen molar-refractivity contribution < 1.29 is 19.0 Å². The number of amides is 1. The molecule has 30 heavy (non-hydrogen) atoms. The predicted octanol–water partition coefficient (Wildman–Crippen LogP) is 3.74. The molecule has 3 N–H and O–H groups in total. The minimum Gasteiger partial charge on any atom is -0.457 e. The fraction of sp³-hybridized carbons (Fsp3) is 0.458. The lowest BCUT2D eigenvalue weighted by atomic mass is 10.0. The van der Waals surface area contributed by atoms with E-state index in [1.54, 1.807) is 11.9 Å². The molecule has 5 nitrogen and oxygen atoms in total. The molecule has 0 aliphatic heterocycles. The van der Waals surface area contributed by atoms with Crippen LogP contribution in [0.3, 0.4) is 0 Å². The lowest BCUT2D eigenvalue weighted by Gasteiger charge is -2.26. The highest BCUT2D eigenvalue weighted by molar-refractivity contribution is 5.95. The molecule has 2 saturated carbocycles. The van der Waals surface area contributed by atoms with Gasteiger partial charge < -0.3 is 20.5 Å². The van der Waals surface area contributed by atoms with Crippen molar-refractivity contribution in [2.45, 2.75) is 44.2 Å². The van der Waals surface area contributed by atoms with E-state index in [1.165, 1.54) is 18.2 Å². The van der Waals surface area contributed by atoms with E-state index >= 15 is 0 Å². The Kier molecular flexibility index (Phi) is 6.06. The summed E-state index contributed by atoms with van der Waals surface area (Å²) in [6, 6.07) is 11.9. The van der Waals surface area contributed by atoms with Crippen LogP contribution in [-0.2, 0) is 6.42 Å². The Morgan fingerprint density at radius 2 is 1.73 bits per heavy atom. The maximum atomic E-state index is 14.5. The van der Waals surface area contributed by atoms with Crippen molar-refractivity contribution >= 4 is 5.91 Å². The third-order valence-corrected chi connectivity index (χ3v) is 6.59. The minimum atomic E-state index is -0.550. The zero-order chi connectivity index (χ0) is 21.3. The van der Waals surface area contributed by atoms with E-state index in [9.17, 15) is 14.3 Å². The molecule has 2 aliphatic rings. The molecule has 6 heteroatoms. The first kappa shape index (κ1) is 20.8. The summed E-state index contributed by atoms with van der Waals surface area (Å²) in [6.07, 6.45) is 3.95. The highest BCUT2D eigenvalue weighted by Crippen LogP contribution is 2.45. The summed E-state index contributed by atoms with van der Waals surface area (Å²) in [6.45, 7) is 0.584. The van der Waals surface area contributed by atoms with Crippen molar-refractivity contribution in [3.8, 4) is 11.5 Å². The Labute approximate surface area is 176 Å². The first-order valence-corrected chi connectivity index (χ1v) is 10.7. The van der Waals surface area contributed by atoms with Crippen molar-refractivity contribution in [3.63, 3.8) is 0 Å². The van der Waals surface area contributed by atoms with Gasteiger partial charge in [0.05, 0.1) is 11.7 Å². The SMILES string of the molecule is CN(C(=O)c1cc(Oc2ccc(CCN)cc2)ccc1F)C1C[C@H]2CC(O)C[C@H]2C1. The maximum Gasteiger partial charge on any atom is 0.256 e. The van der Waals surface area contributed by atoms with E-state index in [-0.39, 0.29) is 23.6 Å². The summed E-state index contributed by atoms with van der Waals surface area (Å²) in [5.74, 6) is 1.08. The average molecular weight is 413 g/mol. The molecule has 2 unspecified atom stereocenters. The van der Waals surface area contributed by atoms with Crippen molar-refractivity contribution in [3.05, 3.63) is 59.4 Å². The normalized spacial score (nSPS) is 25.2. The molecule has 2 aliphatic carbocycles. The van der Waals surface area contributed by atoms with Crippen LogP contribution in [-0.4, -0.2) is 41.7 Å². The molecule has 0 saturated heterocycles. The summed E-state index contributed by atoms with van der Waals surface area (Å²) < 4.78 is 20.3. The number of nitrogens with two attached hydrogens (primary N) is 1. The van der Waals surface area contributed by atoms with Gasteiger partial charge in [-0.1, -0.05) is 12.1 Å². The molecule has 0 radical (unpaired) electrons. The summed E-state index contributed by atoms with van der Waals surface area (Å²) in [5, 5.41) is 9.83. The van der Waals surface area contributed by atoms with Gasteiger partial charge in [-0.05, 0) is 86.4 Å². The van der Waals surface area contributed by atoms with Gasteiger partial charge in [0.1, 0.15) is 17.3 Å². The molecule has 0 spiro atoms. The number of nitrogens with zero attached hydrogens (tertiary/aromatic N) is 1. The topological polar surface area (TPSA) is 75.8 Å². The molecular weight excluding hydrogens is 383 g/mol. The number of carbonyl (C=O) groups is 1. The van der Waals surface area contributed by atoms with E-state index in [2.05, 4.69) is 0 Å². The lowest BCUT2D eigenvalue weighted by molar-refractivity contribution is 0.0717. The van der Waals surface area contributed by atoms with Gasteiger partial charge in [0.2, 0.25) is 0 Å².